The molecule has 2 aromatic heterocycles. The number of amides is 1. The van der Waals surface area contributed by atoms with E-state index in [1.807, 2.05) is 23.1 Å². The molecule has 116 valence electrons. The van der Waals surface area contributed by atoms with Gasteiger partial charge in [0.2, 0.25) is 5.88 Å². The summed E-state index contributed by atoms with van der Waals surface area (Å²) in [4.78, 5) is 26.8. The average molecular weight is 326 g/mol. The number of fused-ring (bicyclic) bond motifs is 1. The molecule has 1 amide bonds. The van der Waals surface area contributed by atoms with Crippen LogP contribution >= 0.6 is 11.3 Å². The number of aromatic nitrogens is 3. The summed E-state index contributed by atoms with van der Waals surface area (Å²) in [5.74, 6) is 0.531. The Balaban J connectivity index is 1.45. The molecule has 0 bridgehead atoms. The molecule has 1 fully saturated rings. The van der Waals surface area contributed by atoms with Crippen LogP contribution in [0, 0.1) is 0 Å². The molecule has 0 N–H and O–H groups in total. The van der Waals surface area contributed by atoms with Crippen molar-refractivity contribution in [1.82, 2.24) is 19.9 Å². The van der Waals surface area contributed by atoms with Gasteiger partial charge in [-0.3, -0.25) is 9.78 Å². The molecule has 4 rings (SSSR count). The second-order valence-corrected chi connectivity index (χ2v) is 6.24. The molecule has 0 spiro atoms. The standard InChI is InChI=1S/C16H14N4O2S/c21-16(11-1-2-13-14(7-11)23-10-19-13)20-6-3-12(9-20)22-15-8-17-4-5-18-15/h1-2,4-5,7-8,10,12H,3,6,9H2/t12-/m0/s1. The van der Waals surface area contributed by atoms with Gasteiger partial charge in [-0.05, 0) is 18.2 Å². The molecular formula is C16H14N4O2S. The van der Waals surface area contributed by atoms with Crippen molar-refractivity contribution in [3.05, 3.63) is 47.9 Å². The topological polar surface area (TPSA) is 68.2 Å². The fourth-order valence-corrected chi connectivity index (χ4v) is 3.41. The van der Waals surface area contributed by atoms with Crippen LogP contribution in [0.3, 0.4) is 0 Å². The normalized spacial score (nSPS) is 17.6. The fraction of sp³-hybridized carbons (Fsp3) is 0.250. The smallest absolute Gasteiger partial charge is 0.254 e. The minimum Gasteiger partial charge on any atom is -0.471 e. The van der Waals surface area contributed by atoms with E-state index >= 15 is 0 Å². The third-order valence-corrected chi connectivity index (χ3v) is 4.63. The number of hydrogen-bond donors (Lipinski definition) is 0. The summed E-state index contributed by atoms with van der Waals surface area (Å²) in [6, 6.07) is 5.64. The summed E-state index contributed by atoms with van der Waals surface area (Å²) in [7, 11) is 0. The van der Waals surface area contributed by atoms with Crippen molar-refractivity contribution in [3.63, 3.8) is 0 Å². The van der Waals surface area contributed by atoms with E-state index in [2.05, 4.69) is 15.0 Å². The maximum atomic E-state index is 12.6. The maximum absolute atomic E-state index is 12.6. The molecule has 3 aromatic rings. The molecule has 1 aliphatic rings. The Hall–Kier alpha value is -2.54. The van der Waals surface area contributed by atoms with Crippen LogP contribution in [0.5, 0.6) is 5.88 Å². The molecule has 6 nitrogen and oxygen atoms in total. The Morgan fingerprint density at radius 1 is 1.30 bits per heavy atom. The summed E-state index contributed by atoms with van der Waals surface area (Å²) >= 11 is 1.54. The minimum absolute atomic E-state index is 0.0329. The highest BCUT2D eigenvalue weighted by atomic mass is 32.1. The first-order chi connectivity index (χ1) is 11.3. The van der Waals surface area contributed by atoms with Crippen LogP contribution in [0.1, 0.15) is 16.8 Å². The third-order valence-electron chi connectivity index (χ3n) is 3.84. The lowest BCUT2D eigenvalue weighted by molar-refractivity contribution is 0.0771. The van der Waals surface area contributed by atoms with Gasteiger partial charge >= 0.3 is 0 Å². The number of thiazole rings is 1. The first-order valence-corrected chi connectivity index (χ1v) is 8.23. The van der Waals surface area contributed by atoms with Gasteiger partial charge in [-0.2, -0.15) is 0 Å². The van der Waals surface area contributed by atoms with Crippen molar-refractivity contribution >= 4 is 27.5 Å². The van der Waals surface area contributed by atoms with Gasteiger partial charge in [-0.1, -0.05) is 0 Å². The van der Waals surface area contributed by atoms with Crippen LogP contribution in [-0.4, -0.2) is 45.0 Å². The van der Waals surface area contributed by atoms with Crippen molar-refractivity contribution in [1.29, 1.82) is 0 Å². The molecule has 1 aromatic carbocycles. The van der Waals surface area contributed by atoms with Crippen LogP contribution < -0.4 is 4.74 Å². The van der Waals surface area contributed by atoms with Crippen LogP contribution in [0.4, 0.5) is 0 Å². The highest BCUT2D eigenvalue weighted by Gasteiger charge is 2.28. The number of rotatable bonds is 3. The number of benzene rings is 1. The molecule has 1 atom stereocenters. The minimum atomic E-state index is -0.0391. The number of carbonyl (C=O) groups excluding carboxylic acids is 1. The van der Waals surface area contributed by atoms with Gasteiger partial charge in [0.25, 0.3) is 5.91 Å². The monoisotopic (exact) mass is 326 g/mol. The van der Waals surface area contributed by atoms with E-state index in [4.69, 9.17) is 4.74 Å². The Labute approximate surface area is 136 Å². The summed E-state index contributed by atoms with van der Waals surface area (Å²) in [6.07, 6.45) is 5.54. The van der Waals surface area contributed by atoms with Crippen molar-refractivity contribution in [2.45, 2.75) is 12.5 Å². The zero-order chi connectivity index (χ0) is 15.6. The van der Waals surface area contributed by atoms with Gasteiger partial charge in [0.1, 0.15) is 6.10 Å². The second-order valence-electron chi connectivity index (χ2n) is 5.36. The molecule has 1 aliphatic heterocycles. The van der Waals surface area contributed by atoms with E-state index in [1.54, 1.807) is 35.4 Å². The Morgan fingerprint density at radius 3 is 3.13 bits per heavy atom. The van der Waals surface area contributed by atoms with E-state index in [0.29, 0.717) is 24.5 Å². The molecule has 0 radical (unpaired) electrons. The average Bonchev–Trinajstić information content (AvgIpc) is 3.23. The first kappa shape index (κ1) is 14.1. The van der Waals surface area contributed by atoms with Crippen molar-refractivity contribution in [2.75, 3.05) is 13.1 Å². The number of likely N-dealkylation sites (tertiary alicyclic amines) is 1. The van der Waals surface area contributed by atoms with Gasteiger partial charge in [0, 0.05) is 30.9 Å². The predicted octanol–water partition coefficient (Wildman–Crippen LogP) is 2.38. The molecule has 0 saturated carbocycles. The molecule has 0 unspecified atom stereocenters. The van der Waals surface area contributed by atoms with Gasteiger partial charge in [0.05, 0.1) is 28.5 Å². The van der Waals surface area contributed by atoms with Crippen LogP contribution in [0.15, 0.2) is 42.3 Å². The number of nitrogens with zero attached hydrogens (tertiary/aromatic N) is 4. The summed E-state index contributed by atoms with van der Waals surface area (Å²) in [6.45, 7) is 1.25. The van der Waals surface area contributed by atoms with Crippen molar-refractivity contribution in [3.8, 4) is 5.88 Å². The molecule has 7 heteroatoms. The van der Waals surface area contributed by atoms with Crippen LogP contribution in [0.2, 0.25) is 0 Å². The largest absolute Gasteiger partial charge is 0.471 e. The van der Waals surface area contributed by atoms with E-state index in [-0.39, 0.29) is 12.0 Å². The Bertz CT molecular complexity index is 836. The maximum Gasteiger partial charge on any atom is 0.254 e. The highest BCUT2D eigenvalue weighted by molar-refractivity contribution is 7.16. The van der Waals surface area contributed by atoms with Crippen molar-refractivity contribution in [2.24, 2.45) is 0 Å². The fourth-order valence-electron chi connectivity index (χ4n) is 2.70. The van der Waals surface area contributed by atoms with Gasteiger partial charge in [-0.25, -0.2) is 9.97 Å². The summed E-state index contributed by atoms with van der Waals surface area (Å²) < 4.78 is 6.80. The van der Waals surface area contributed by atoms with Crippen molar-refractivity contribution < 1.29 is 9.53 Å². The lowest BCUT2D eigenvalue weighted by atomic mass is 10.2. The lowest BCUT2D eigenvalue weighted by Crippen LogP contribution is -2.31. The lowest BCUT2D eigenvalue weighted by Gasteiger charge is -2.17. The molecular weight excluding hydrogens is 312 g/mol. The molecule has 23 heavy (non-hydrogen) atoms. The predicted molar refractivity (Wildman–Crippen MR) is 86.6 cm³/mol. The third kappa shape index (κ3) is 2.87. The number of carbonyl (C=O) groups is 1. The zero-order valence-electron chi connectivity index (χ0n) is 12.3. The SMILES string of the molecule is O=C(c1ccc2ncsc2c1)N1CC[C@H](Oc2cnccn2)C1. The highest BCUT2D eigenvalue weighted by Crippen LogP contribution is 2.22. The molecule has 1 saturated heterocycles. The molecule has 0 aliphatic carbocycles. The Morgan fingerprint density at radius 2 is 2.26 bits per heavy atom. The van der Waals surface area contributed by atoms with E-state index in [0.717, 1.165) is 16.6 Å². The van der Waals surface area contributed by atoms with Crippen LogP contribution in [-0.2, 0) is 0 Å². The summed E-state index contributed by atoms with van der Waals surface area (Å²) in [5.41, 5.74) is 3.42. The quantitative estimate of drug-likeness (QED) is 0.739. The first-order valence-electron chi connectivity index (χ1n) is 7.35. The van der Waals surface area contributed by atoms with Gasteiger partial charge in [-0.15, -0.1) is 11.3 Å². The van der Waals surface area contributed by atoms with E-state index in [1.165, 1.54) is 0 Å². The summed E-state index contributed by atoms with van der Waals surface area (Å²) in [5, 5.41) is 0. The van der Waals surface area contributed by atoms with Gasteiger partial charge < -0.3 is 9.64 Å². The van der Waals surface area contributed by atoms with E-state index < -0.39 is 0 Å². The molecule has 3 heterocycles. The Kier molecular flexibility index (Phi) is 3.63. The van der Waals surface area contributed by atoms with Gasteiger partial charge in [0.15, 0.2) is 0 Å². The number of hydrogen-bond acceptors (Lipinski definition) is 6. The number of ether oxygens (including phenoxy) is 1. The van der Waals surface area contributed by atoms with E-state index in [9.17, 15) is 4.79 Å². The van der Waals surface area contributed by atoms with Crippen LogP contribution in [0.25, 0.3) is 10.2 Å². The second kappa shape index (κ2) is 5.92. The zero-order valence-corrected chi connectivity index (χ0v) is 13.1.